The van der Waals surface area contributed by atoms with E-state index in [4.69, 9.17) is 5.73 Å². The monoisotopic (exact) mass is 440 g/mol. The van der Waals surface area contributed by atoms with Crippen LogP contribution in [-0.4, -0.2) is 32.9 Å². The maximum absolute atomic E-state index is 13.2. The number of anilines is 1. The van der Waals surface area contributed by atoms with Crippen molar-refractivity contribution in [1.82, 2.24) is 20.1 Å². The number of rotatable bonds is 5. The molecule has 4 rings (SSSR count). The highest BCUT2D eigenvalue weighted by atomic mass is 35.5. The van der Waals surface area contributed by atoms with Gasteiger partial charge in [0, 0.05) is 49.2 Å². The second-order valence-corrected chi connectivity index (χ2v) is 7.89. The fourth-order valence-corrected chi connectivity index (χ4v) is 3.95. The van der Waals surface area contributed by atoms with Gasteiger partial charge in [0.15, 0.2) is 0 Å². The lowest BCUT2D eigenvalue weighted by Gasteiger charge is -2.35. The molecule has 2 aromatic heterocycles. The van der Waals surface area contributed by atoms with E-state index in [9.17, 15) is 4.79 Å². The molecule has 1 aliphatic carbocycles. The highest BCUT2D eigenvalue weighted by molar-refractivity contribution is 5.91. The molecule has 1 fully saturated rings. The van der Waals surface area contributed by atoms with Gasteiger partial charge in [-0.3, -0.25) is 9.58 Å². The predicted octanol–water partition coefficient (Wildman–Crippen LogP) is 3.89. The van der Waals surface area contributed by atoms with E-state index in [0.29, 0.717) is 12.4 Å². The molecule has 164 valence electrons. The number of aryl methyl sites for hydroxylation is 1. The van der Waals surface area contributed by atoms with Gasteiger partial charge in [0.25, 0.3) is 0 Å². The molecule has 0 saturated heterocycles. The van der Waals surface area contributed by atoms with Crippen LogP contribution in [0.25, 0.3) is 11.1 Å². The van der Waals surface area contributed by atoms with Crippen LogP contribution in [0.3, 0.4) is 0 Å². The highest BCUT2D eigenvalue weighted by Crippen LogP contribution is 2.27. The number of nitrogens with zero attached hydrogens (tertiary/aromatic N) is 4. The number of nitrogens with two attached hydrogens (primary N) is 1. The highest BCUT2D eigenvalue weighted by Gasteiger charge is 2.29. The Kier molecular flexibility index (Phi) is 7.65. The van der Waals surface area contributed by atoms with Crippen molar-refractivity contribution < 1.29 is 4.79 Å². The first-order valence-electron chi connectivity index (χ1n) is 10.4. The summed E-state index contributed by atoms with van der Waals surface area (Å²) in [7, 11) is 1.89. The van der Waals surface area contributed by atoms with E-state index < -0.39 is 0 Å². The topological polar surface area (TPSA) is 89.1 Å². The summed E-state index contributed by atoms with van der Waals surface area (Å²) in [6.45, 7) is 0.482. The molecule has 1 aromatic carbocycles. The summed E-state index contributed by atoms with van der Waals surface area (Å²) in [6.07, 6.45) is 9.16. The van der Waals surface area contributed by atoms with Crippen molar-refractivity contribution in [3.8, 4) is 11.1 Å². The summed E-state index contributed by atoms with van der Waals surface area (Å²) in [6, 6.07) is 14.0. The molecule has 1 aliphatic rings. The number of carbonyl (C=O) groups is 1. The Morgan fingerprint density at radius 1 is 1.10 bits per heavy atom. The Bertz CT molecular complexity index is 967. The average molecular weight is 441 g/mol. The first kappa shape index (κ1) is 22.8. The van der Waals surface area contributed by atoms with Crippen LogP contribution >= 0.6 is 12.4 Å². The van der Waals surface area contributed by atoms with Gasteiger partial charge in [-0.25, -0.2) is 9.78 Å². The van der Waals surface area contributed by atoms with Crippen LogP contribution < -0.4 is 16.0 Å². The fraction of sp³-hybridized carbons (Fsp3) is 0.348. The first-order valence-corrected chi connectivity index (χ1v) is 10.4. The number of pyridine rings is 1. The summed E-state index contributed by atoms with van der Waals surface area (Å²) in [5.41, 5.74) is 9.13. The molecule has 2 heterocycles. The smallest absolute Gasteiger partial charge is 0.323 e. The third-order valence-electron chi connectivity index (χ3n) is 5.64. The number of halogens is 1. The predicted molar refractivity (Wildman–Crippen MR) is 125 cm³/mol. The quantitative estimate of drug-likeness (QED) is 0.629. The number of hydrogen-bond donors (Lipinski definition) is 2. The zero-order chi connectivity index (χ0) is 20.9. The molecule has 31 heavy (non-hydrogen) atoms. The Morgan fingerprint density at radius 3 is 2.45 bits per heavy atom. The number of nitrogens with one attached hydrogen (secondary N) is 1. The van der Waals surface area contributed by atoms with Gasteiger partial charge in [0.1, 0.15) is 5.82 Å². The molecule has 0 atom stereocenters. The lowest BCUT2D eigenvalue weighted by atomic mass is 9.91. The molecule has 7 nitrogen and oxygen atoms in total. The maximum Gasteiger partial charge on any atom is 0.323 e. The molecule has 8 heteroatoms. The van der Waals surface area contributed by atoms with E-state index in [2.05, 4.69) is 15.4 Å². The van der Waals surface area contributed by atoms with Crippen molar-refractivity contribution in [1.29, 1.82) is 0 Å². The molecular weight excluding hydrogens is 412 g/mol. The van der Waals surface area contributed by atoms with Gasteiger partial charge in [0.05, 0.1) is 6.20 Å². The number of urea groups is 1. The van der Waals surface area contributed by atoms with Gasteiger partial charge in [-0.05, 0) is 43.4 Å². The SMILES string of the molecule is Cl.Cn1cc(-c2ccc(N(C(=O)NCc3ccccc3)C3CCC(N)CC3)nc2)cn1. The third kappa shape index (κ3) is 5.62. The van der Waals surface area contributed by atoms with E-state index in [1.54, 1.807) is 10.9 Å². The number of amides is 2. The minimum atomic E-state index is -0.124. The van der Waals surface area contributed by atoms with Gasteiger partial charge >= 0.3 is 6.03 Å². The van der Waals surface area contributed by atoms with Crippen LogP contribution in [0.4, 0.5) is 10.6 Å². The van der Waals surface area contributed by atoms with Gasteiger partial charge in [-0.15, -0.1) is 12.4 Å². The lowest BCUT2D eigenvalue weighted by Crippen LogP contribution is -2.49. The first-order chi connectivity index (χ1) is 14.6. The lowest BCUT2D eigenvalue weighted by molar-refractivity contribution is 0.239. The van der Waals surface area contributed by atoms with Crippen molar-refractivity contribution in [2.75, 3.05) is 4.90 Å². The molecule has 0 bridgehead atoms. The Hall–Kier alpha value is -2.90. The van der Waals surface area contributed by atoms with Crippen molar-refractivity contribution in [3.63, 3.8) is 0 Å². The zero-order valence-corrected chi connectivity index (χ0v) is 18.5. The molecule has 1 saturated carbocycles. The van der Waals surface area contributed by atoms with Crippen molar-refractivity contribution >= 4 is 24.3 Å². The standard InChI is InChI=1S/C23H28N6O.ClH/c1-28-16-19(15-27-28)18-7-12-22(25-14-18)29(21-10-8-20(24)9-11-21)23(30)26-13-17-5-3-2-4-6-17;/h2-7,12,14-16,20-21H,8-11,13,24H2,1H3,(H,26,30);1H. The Balaban J connectivity index is 0.00000272. The molecule has 3 aromatic rings. The normalized spacial score (nSPS) is 18.1. The summed E-state index contributed by atoms with van der Waals surface area (Å²) in [5, 5.41) is 7.27. The van der Waals surface area contributed by atoms with Gasteiger partial charge in [-0.2, -0.15) is 5.10 Å². The van der Waals surface area contributed by atoms with Crippen molar-refractivity contribution in [2.45, 2.75) is 44.3 Å². The number of hydrogen-bond acceptors (Lipinski definition) is 4. The van der Waals surface area contributed by atoms with Crippen LogP contribution in [0.1, 0.15) is 31.2 Å². The van der Waals surface area contributed by atoms with Gasteiger partial charge in [-0.1, -0.05) is 30.3 Å². The summed E-state index contributed by atoms with van der Waals surface area (Å²) < 4.78 is 1.76. The van der Waals surface area contributed by atoms with E-state index in [1.165, 1.54) is 0 Å². The minimum Gasteiger partial charge on any atom is -0.334 e. The summed E-state index contributed by atoms with van der Waals surface area (Å²) in [5.74, 6) is 0.661. The molecule has 2 amide bonds. The minimum absolute atomic E-state index is 0. The molecular formula is C23H29ClN6O. The van der Waals surface area contributed by atoms with Crippen LogP contribution in [0, 0.1) is 0 Å². The number of benzene rings is 1. The second kappa shape index (κ2) is 10.4. The van der Waals surface area contributed by atoms with E-state index in [-0.39, 0.29) is 30.5 Å². The summed E-state index contributed by atoms with van der Waals surface area (Å²) >= 11 is 0. The molecule has 0 unspecified atom stereocenters. The van der Waals surface area contributed by atoms with E-state index in [0.717, 1.165) is 42.4 Å². The van der Waals surface area contributed by atoms with E-state index >= 15 is 0 Å². The van der Waals surface area contributed by atoms with E-state index in [1.807, 2.05) is 66.8 Å². The second-order valence-electron chi connectivity index (χ2n) is 7.89. The molecule has 0 aliphatic heterocycles. The Labute approximate surface area is 189 Å². The van der Waals surface area contributed by atoms with Gasteiger partial charge < -0.3 is 11.1 Å². The molecule has 3 N–H and O–H groups in total. The van der Waals surface area contributed by atoms with Crippen LogP contribution in [-0.2, 0) is 13.6 Å². The maximum atomic E-state index is 13.2. The Morgan fingerprint density at radius 2 is 1.84 bits per heavy atom. The van der Waals surface area contributed by atoms with Crippen LogP contribution in [0.5, 0.6) is 0 Å². The van der Waals surface area contributed by atoms with Crippen LogP contribution in [0.2, 0.25) is 0 Å². The number of aromatic nitrogens is 3. The molecule has 0 radical (unpaired) electrons. The average Bonchev–Trinajstić information content (AvgIpc) is 3.21. The zero-order valence-electron chi connectivity index (χ0n) is 17.6. The van der Waals surface area contributed by atoms with Crippen molar-refractivity contribution in [2.24, 2.45) is 12.8 Å². The van der Waals surface area contributed by atoms with Gasteiger partial charge in [0.2, 0.25) is 0 Å². The van der Waals surface area contributed by atoms with Crippen LogP contribution in [0.15, 0.2) is 61.1 Å². The molecule has 0 spiro atoms. The third-order valence-corrected chi connectivity index (χ3v) is 5.64. The largest absolute Gasteiger partial charge is 0.334 e. The summed E-state index contributed by atoms with van der Waals surface area (Å²) in [4.78, 5) is 19.6. The van der Waals surface area contributed by atoms with Crippen molar-refractivity contribution in [3.05, 3.63) is 66.6 Å². The fourth-order valence-electron chi connectivity index (χ4n) is 3.95. The number of carbonyl (C=O) groups excluding carboxylic acids is 1.